The van der Waals surface area contributed by atoms with Crippen LogP contribution in [0.3, 0.4) is 0 Å². The number of hydrogen-bond donors (Lipinski definition) is 0. The van der Waals surface area contributed by atoms with E-state index in [-0.39, 0.29) is 0 Å². The summed E-state index contributed by atoms with van der Waals surface area (Å²) in [5, 5.41) is 8.85. The van der Waals surface area contributed by atoms with E-state index in [2.05, 4.69) is 167 Å². The second kappa shape index (κ2) is 8.95. The van der Waals surface area contributed by atoms with E-state index >= 15 is 0 Å². The molecular formula is C40H26N2. The van der Waals surface area contributed by atoms with Crippen molar-refractivity contribution >= 4 is 54.3 Å². The molecule has 0 aliphatic heterocycles. The van der Waals surface area contributed by atoms with E-state index in [1.54, 1.807) is 0 Å². The van der Waals surface area contributed by atoms with Gasteiger partial charge >= 0.3 is 0 Å². The molecule has 0 aliphatic carbocycles. The summed E-state index contributed by atoms with van der Waals surface area (Å²) in [6.45, 7) is 0. The average Bonchev–Trinajstić information content (AvgIpc) is 3.63. The van der Waals surface area contributed by atoms with Gasteiger partial charge in [-0.1, -0.05) is 97.1 Å². The standard InChI is InChI=1S/C40H26N2/c1-2-10-34(11-3-1)41-23-22-28-18-21-37-36-12-6-7-13-38(36)42(40(37)39(28)41)35-19-16-27(17-20-35)31-14-15-32-24-29-8-4-5-9-30(29)25-33(32)26-31/h1-26H. The monoisotopic (exact) mass is 534 g/mol. The lowest BCUT2D eigenvalue weighted by Crippen LogP contribution is -1.98. The van der Waals surface area contributed by atoms with E-state index in [0.29, 0.717) is 0 Å². The minimum Gasteiger partial charge on any atom is -0.315 e. The zero-order valence-corrected chi connectivity index (χ0v) is 22.9. The second-order valence-corrected chi connectivity index (χ2v) is 11.1. The van der Waals surface area contributed by atoms with Gasteiger partial charge in [-0.3, -0.25) is 0 Å². The Kier molecular flexibility index (Phi) is 4.93. The molecule has 0 amide bonds. The van der Waals surface area contributed by atoms with Crippen LogP contribution in [0.25, 0.3) is 76.8 Å². The van der Waals surface area contributed by atoms with Gasteiger partial charge in [0.2, 0.25) is 0 Å². The second-order valence-electron chi connectivity index (χ2n) is 11.1. The molecular weight excluding hydrogens is 508 g/mol. The van der Waals surface area contributed by atoms with E-state index in [0.717, 1.165) is 11.4 Å². The molecule has 2 heterocycles. The molecule has 2 heteroatoms. The maximum atomic E-state index is 2.43. The maximum absolute atomic E-state index is 2.43. The molecule has 0 aliphatic rings. The predicted molar refractivity (Wildman–Crippen MR) is 178 cm³/mol. The summed E-state index contributed by atoms with van der Waals surface area (Å²) < 4.78 is 4.75. The topological polar surface area (TPSA) is 9.86 Å². The van der Waals surface area contributed by atoms with Crippen LogP contribution in [0.2, 0.25) is 0 Å². The van der Waals surface area contributed by atoms with Gasteiger partial charge in [-0.15, -0.1) is 0 Å². The fourth-order valence-corrected chi connectivity index (χ4v) is 6.67. The summed E-state index contributed by atoms with van der Waals surface area (Å²) in [5.41, 5.74) is 8.43. The lowest BCUT2D eigenvalue weighted by atomic mass is 9.98. The van der Waals surface area contributed by atoms with Gasteiger partial charge in [0.1, 0.15) is 0 Å². The third kappa shape index (κ3) is 3.45. The summed E-state index contributed by atoms with van der Waals surface area (Å²) >= 11 is 0. The van der Waals surface area contributed by atoms with E-state index in [1.165, 1.54) is 65.4 Å². The van der Waals surface area contributed by atoms with Crippen LogP contribution in [0.1, 0.15) is 0 Å². The molecule has 42 heavy (non-hydrogen) atoms. The van der Waals surface area contributed by atoms with Crippen molar-refractivity contribution in [1.82, 2.24) is 9.13 Å². The van der Waals surface area contributed by atoms with Crippen LogP contribution in [0.15, 0.2) is 158 Å². The number of benzene rings is 7. The fourth-order valence-electron chi connectivity index (χ4n) is 6.67. The van der Waals surface area contributed by atoms with E-state index < -0.39 is 0 Å². The third-order valence-electron chi connectivity index (χ3n) is 8.68. The Labute approximate surface area is 243 Å². The fraction of sp³-hybridized carbons (Fsp3) is 0. The van der Waals surface area contributed by atoms with E-state index in [4.69, 9.17) is 0 Å². The van der Waals surface area contributed by atoms with E-state index in [9.17, 15) is 0 Å². The summed E-state index contributed by atoms with van der Waals surface area (Å²) in [4.78, 5) is 0. The van der Waals surface area contributed by atoms with Gasteiger partial charge in [-0.05, 0) is 87.3 Å². The van der Waals surface area contributed by atoms with Crippen LogP contribution in [0.4, 0.5) is 0 Å². The molecule has 0 N–H and O–H groups in total. The molecule has 196 valence electrons. The summed E-state index contributed by atoms with van der Waals surface area (Å²) in [5.74, 6) is 0. The van der Waals surface area contributed by atoms with Crippen LogP contribution in [0.5, 0.6) is 0 Å². The lowest BCUT2D eigenvalue weighted by Gasteiger charge is -2.13. The zero-order chi connectivity index (χ0) is 27.6. The Hall–Kier alpha value is -5.60. The molecule has 2 aromatic heterocycles. The largest absolute Gasteiger partial charge is 0.315 e. The van der Waals surface area contributed by atoms with Crippen molar-refractivity contribution in [3.8, 4) is 22.5 Å². The smallest absolute Gasteiger partial charge is 0.0788 e. The zero-order valence-electron chi connectivity index (χ0n) is 22.9. The highest BCUT2D eigenvalue weighted by atomic mass is 15.0. The molecule has 9 aromatic rings. The number of rotatable bonds is 3. The highest BCUT2D eigenvalue weighted by molar-refractivity contribution is 6.18. The number of fused-ring (bicyclic) bond motifs is 7. The Morgan fingerprint density at radius 1 is 0.357 bits per heavy atom. The highest BCUT2D eigenvalue weighted by Crippen LogP contribution is 2.38. The number of para-hydroxylation sites is 2. The lowest BCUT2D eigenvalue weighted by molar-refractivity contribution is 1.12. The first-order valence-electron chi connectivity index (χ1n) is 14.4. The van der Waals surface area contributed by atoms with Gasteiger partial charge in [0.15, 0.2) is 0 Å². The maximum Gasteiger partial charge on any atom is 0.0788 e. The first kappa shape index (κ1) is 23.1. The van der Waals surface area contributed by atoms with Crippen molar-refractivity contribution in [2.24, 2.45) is 0 Å². The molecule has 0 saturated heterocycles. The first-order valence-corrected chi connectivity index (χ1v) is 14.4. The van der Waals surface area contributed by atoms with Crippen LogP contribution < -0.4 is 0 Å². The molecule has 0 saturated carbocycles. The number of aromatic nitrogens is 2. The van der Waals surface area contributed by atoms with Crippen molar-refractivity contribution in [3.05, 3.63) is 158 Å². The Morgan fingerprint density at radius 2 is 1.02 bits per heavy atom. The molecule has 9 rings (SSSR count). The molecule has 0 spiro atoms. The van der Waals surface area contributed by atoms with Gasteiger partial charge in [-0.2, -0.15) is 0 Å². The predicted octanol–water partition coefficient (Wildman–Crippen LogP) is 10.7. The molecule has 0 bridgehead atoms. The molecule has 0 fully saturated rings. The third-order valence-corrected chi connectivity index (χ3v) is 8.68. The van der Waals surface area contributed by atoms with Crippen molar-refractivity contribution in [2.45, 2.75) is 0 Å². The van der Waals surface area contributed by atoms with Crippen LogP contribution >= 0.6 is 0 Å². The van der Waals surface area contributed by atoms with Gasteiger partial charge < -0.3 is 9.13 Å². The summed E-state index contributed by atoms with van der Waals surface area (Å²) in [7, 11) is 0. The normalized spacial score (nSPS) is 11.8. The minimum atomic E-state index is 1.16. The molecule has 7 aromatic carbocycles. The summed E-state index contributed by atoms with van der Waals surface area (Å²) in [6, 6.07) is 55.1. The number of hydrogen-bond acceptors (Lipinski definition) is 0. The van der Waals surface area contributed by atoms with E-state index in [1.807, 2.05) is 0 Å². The quantitative estimate of drug-likeness (QED) is 0.200. The minimum absolute atomic E-state index is 1.16. The Balaban J connectivity index is 1.24. The molecule has 0 radical (unpaired) electrons. The Bertz CT molecular complexity index is 2440. The van der Waals surface area contributed by atoms with Crippen molar-refractivity contribution in [3.63, 3.8) is 0 Å². The van der Waals surface area contributed by atoms with Crippen LogP contribution in [-0.2, 0) is 0 Å². The van der Waals surface area contributed by atoms with Crippen LogP contribution in [0, 0.1) is 0 Å². The molecule has 0 atom stereocenters. The molecule has 2 nitrogen and oxygen atoms in total. The Morgan fingerprint density at radius 3 is 1.86 bits per heavy atom. The van der Waals surface area contributed by atoms with Gasteiger partial charge in [0, 0.05) is 33.7 Å². The highest BCUT2D eigenvalue weighted by Gasteiger charge is 2.17. The van der Waals surface area contributed by atoms with Gasteiger partial charge in [-0.25, -0.2) is 0 Å². The van der Waals surface area contributed by atoms with Crippen molar-refractivity contribution < 1.29 is 0 Å². The average molecular weight is 535 g/mol. The van der Waals surface area contributed by atoms with Gasteiger partial charge in [0.25, 0.3) is 0 Å². The number of nitrogens with zero attached hydrogens (tertiary/aromatic N) is 2. The summed E-state index contributed by atoms with van der Waals surface area (Å²) in [6.07, 6.45) is 2.19. The van der Waals surface area contributed by atoms with Crippen molar-refractivity contribution in [2.75, 3.05) is 0 Å². The van der Waals surface area contributed by atoms with Crippen molar-refractivity contribution in [1.29, 1.82) is 0 Å². The first-order chi connectivity index (χ1) is 20.8. The van der Waals surface area contributed by atoms with Crippen LogP contribution in [-0.4, -0.2) is 9.13 Å². The molecule has 0 unspecified atom stereocenters. The SMILES string of the molecule is c1ccc(-n2ccc3ccc4c5ccccc5n(-c5ccc(-c6ccc7cc8ccccc8cc7c6)cc5)c4c32)cc1. The van der Waals surface area contributed by atoms with Gasteiger partial charge in [0.05, 0.1) is 16.6 Å².